The lowest BCUT2D eigenvalue weighted by atomic mass is 10.1. The maximum atomic E-state index is 13.4. The Balaban J connectivity index is 2.16. The highest BCUT2D eigenvalue weighted by atomic mass is 35.5. The van der Waals surface area contributed by atoms with E-state index in [1.54, 1.807) is 18.2 Å². The van der Waals surface area contributed by atoms with Gasteiger partial charge in [-0.25, -0.2) is 4.39 Å². The monoisotopic (exact) mass is 301 g/mol. The quantitative estimate of drug-likeness (QED) is 0.923. The predicted octanol–water partition coefficient (Wildman–Crippen LogP) is 1.82. The van der Waals surface area contributed by atoms with E-state index < -0.39 is 12.2 Å². The summed E-state index contributed by atoms with van der Waals surface area (Å²) in [7, 11) is 1.50. The first-order valence-corrected chi connectivity index (χ1v) is 6.80. The molecule has 0 aliphatic carbocycles. The van der Waals surface area contributed by atoms with Crippen LogP contribution < -0.4 is 4.74 Å². The molecule has 0 bridgehead atoms. The molecule has 0 aromatic heterocycles. The van der Waals surface area contributed by atoms with Crippen LogP contribution in [0.15, 0.2) is 18.2 Å². The predicted molar refractivity (Wildman–Crippen MR) is 73.8 cm³/mol. The average Bonchev–Trinajstić information content (AvgIpc) is 2.82. The second kappa shape index (κ2) is 6.41. The topological polar surface area (TPSA) is 49.8 Å². The molecule has 1 aliphatic rings. The Bertz CT molecular complexity index is 497. The van der Waals surface area contributed by atoms with Gasteiger partial charge >= 0.3 is 0 Å². The van der Waals surface area contributed by atoms with E-state index in [0.29, 0.717) is 16.3 Å². The zero-order chi connectivity index (χ0) is 14.7. The zero-order valence-electron chi connectivity index (χ0n) is 11.2. The van der Waals surface area contributed by atoms with E-state index in [0.717, 1.165) is 0 Å². The van der Waals surface area contributed by atoms with Gasteiger partial charge in [0, 0.05) is 17.0 Å². The number of methoxy groups -OCH3 is 1. The van der Waals surface area contributed by atoms with Crippen molar-refractivity contribution in [2.24, 2.45) is 0 Å². The molecule has 1 amide bonds. The molecule has 20 heavy (non-hydrogen) atoms. The summed E-state index contributed by atoms with van der Waals surface area (Å²) in [5, 5.41) is 9.65. The minimum atomic E-state index is -1.08. The van der Waals surface area contributed by atoms with Gasteiger partial charge < -0.3 is 14.7 Å². The number of carbonyl (C=O) groups excluding carboxylic acids is 1. The van der Waals surface area contributed by atoms with Crippen molar-refractivity contribution in [3.63, 3.8) is 0 Å². The lowest BCUT2D eigenvalue weighted by Crippen LogP contribution is -2.38. The Morgan fingerprint density at radius 1 is 1.60 bits per heavy atom. The summed E-state index contributed by atoms with van der Waals surface area (Å²) >= 11 is 6.08. The first-order chi connectivity index (χ1) is 9.56. The second-order valence-corrected chi connectivity index (χ2v) is 5.22. The van der Waals surface area contributed by atoms with Crippen LogP contribution in [0, 0.1) is 0 Å². The van der Waals surface area contributed by atoms with Gasteiger partial charge in [0.1, 0.15) is 11.9 Å². The fourth-order valence-corrected chi connectivity index (χ4v) is 2.73. The average molecular weight is 302 g/mol. The molecular formula is C14H17ClFNO3. The van der Waals surface area contributed by atoms with Gasteiger partial charge in [-0.05, 0) is 12.1 Å². The molecule has 0 saturated carbocycles. The summed E-state index contributed by atoms with van der Waals surface area (Å²) in [5.41, 5.74) is 0.584. The van der Waals surface area contributed by atoms with Crippen LogP contribution in [0.5, 0.6) is 5.75 Å². The van der Waals surface area contributed by atoms with E-state index in [4.69, 9.17) is 16.3 Å². The zero-order valence-corrected chi connectivity index (χ0v) is 11.9. The molecule has 2 rings (SSSR count). The number of carbonyl (C=O) groups is 1. The van der Waals surface area contributed by atoms with Crippen molar-refractivity contribution in [3.8, 4) is 5.75 Å². The fourth-order valence-electron chi connectivity index (χ4n) is 2.49. The number of benzene rings is 1. The third-order valence-electron chi connectivity index (χ3n) is 3.52. The Morgan fingerprint density at radius 2 is 2.35 bits per heavy atom. The Morgan fingerprint density at radius 3 is 3.00 bits per heavy atom. The third-order valence-corrected chi connectivity index (χ3v) is 3.87. The summed E-state index contributed by atoms with van der Waals surface area (Å²) in [6.07, 6.45) is -0.863. The van der Waals surface area contributed by atoms with Crippen molar-refractivity contribution in [2.75, 3.05) is 20.3 Å². The molecule has 1 N–H and O–H groups in total. The number of alkyl halides is 1. The molecule has 1 saturated heterocycles. The van der Waals surface area contributed by atoms with Crippen LogP contribution in [0.25, 0.3) is 0 Å². The number of nitrogens with zero attached hydrogens (tertiary/aromatic N) is 1. The SMILES string of the molecule is COc1cccc(Cl)c1CC(=O)N1C[C@@H](F)C[C@H]1CO. The third kappa shape index (κ3) is 3.04. The van der Waals surface area contributed by atoms with E-state index in [1.807, 2.05) is 0 Å². The standard InChI is InChI=1S/C14H17ClFNO3/c1-20-13-4-2-3-12(15)11(13)6-14(19)17-7-9(16)5-10(17)8-18/h2-4,9-10,18H,5-8H2,1H3/t9-,10-/m0/s1. The Hall–Kier alpha value is -1.33. The molecule has 0 unspecified atom stereocenters. The van der Waals surface area contributed by atoms with Crippen molar-refractivity contribution in [3.05, 3.63) is 28.8 Å². The number of hydrogen-bond donors (Lipinski definition) is 1. The van der Waals surface area contributed by atoms with Gasteiger partial charge in [0.05, 0.1) is 32.7 Å². The van der Waals surface area contributed by atoms with E-state index in [-0.39, 0.29) is 31.9 Å². The number of ether oxygens (including phenoxy) is 1. The largest absolute Gasteiger partial charge is 0.496 e. The molecule has 110 valence electrons. The van der Waals surface area contributed by atoms with Crippen LogP contribution in [0.3, 0.4) is 0 Å². The Labute approximate surface area is 122 Å². The molecule has 1 aliphatic heterocycles. The van der Waals surface area contributed by atoms with Crippen molar-refractivity contribution >= 4 is 17.5 Å². The maximum absolute atomic E-state index is 13.4. The second-order valence-electron chi connectivity index (χ2n) is 4.81. The minimum Gasteiger partial charge on any atom is -0.496 e. The summed E-state index contributed by atoms with van der Waals surface area (Å²) < 4.78 is 18.6. The summed E-state index contributed by atoms with van der Waals surface area (Å²) in [6.45, 7) is -0.206. The van der Waals surface area contributed by atoms with Crippen LogP contribution in [-0.4, -0.2) is 48.4 Å². The summed E-state index contributed by atoms with van der Waals surface area (Å²) in [6, 6.07) is 4.68. The van der Waals surface area contributed by atoms with Gasteiger partial charge in [-0.1, -0.05) is 17.7 Å². The molecule has 0 spiro atoms. The van der Waals surface area contributed by atoms with E-state index >= 15 is 0 Å². The van der Waals surface area contributed by atoms with Gasteiger partial charge in [-0.2, -0.15) is 0 Å². The van der Waals surface area contributed by atoms with Gasteiger partial charge in [0.2, 0.25) is 5.91 Å². The lowest BCUT2D eigenvalue weighted by Gasteiger charge is -2.23. The van der Waals surface area contributed by atoms with Gasteiger partial charge in [0.15, 0.2) is 0 Å². The number of halogens is 2. The molecule has 1 aromatic rings. The van der Waals surface area contributed by atoms with E-state index in [2.05, 4.69) is 0 Å². The maximum Gasteiger partial charge on any atom is 0.227 e. The van der Waals surface area contributed by atoms with Crippen LogP contribution in [0.2, 0.25) is 5.02 Å². The van der Waals surface area contributed by atoms with E-state index in [9.17, 15) is 14.3 Å². The van der Waals surface area contributed by atoms with Crippen LogP contribution in [0.1, 0.15) is 12.0 Å². The van der Waals surface area contributed by atoms with Gasteiger partial charge in [-0.15, -0.1) is 0 Å². The highest BCUT2D eigenvalue weighted by molar-refractivity contribution is 6.31. The van der Waals surface area contributed by atoms with Crippen LogP contribution in [0.4, 0.5) is 4.39 Å². The number of hydrogen-bond acceptors (Lipinski definition) is 3. The molecule has 4 nitrogen and oxygen atoms in total. The number of rotatable bonds is 4. The highest BCUT2D eigenvalue weighted by Crippen LogP contribution is 2.28. The molecule has 1 fully saturated rings. The van der Waals surface area contributed by atoms with Crippen molar-refractivity contribution < 1.29 is 19.0 Å². The molecule has 1 heterocycles. The molecular weight excluding hydrogens is 285 g/mol. The normalized spacial score (nSPS) is 22.1. The van der Waals surface area contributed by atoms with Crippen LogP contribution >= 0.6 is 11.6 Å². The number of likely N-dealkylation sites (tertiary alicyclic amines) is 1. The van der Waals surface area contributed by atoms with Gasteiger partial charge in [0.25, 0.3) is 0 Å². The smallest absolute Gasteiger partial charge is 0.227 e. The first kappa shape index (κ1) is 15.1. The molecule has 2 atom stereocenters. The van der Waals surface area contributed by atoms with Crippen LogP contribution in [-0.2, 0) is 11.2 Å². The number of amides is 1. The first-order valence-electron chi connectivity index (χ1n) is 6.42. The lowest BCUT2D eigenvalue weighted by molar-refractivity contribution is -0.132. The molecule has 0 radical (unpaired) electrons. The molecule has 6 heteroatoms. The van der Waals surface area contributed by atoms with Gasteiger partial charge in [-0.3, -0.25) is 4.79 Å². The minimum absolute atomic E-state index is 0.0246. The molecule has 1 aromatic carbocycles. The Kier molecular flexibility index (Phi) is 4.83. The fraction of sp³-hybridized carbons (Fsp3) is 0.500. The van der Waals surface area contributed by atoms with Crippen molar-refractivity contribution in [1.29, 1.82) is 0 Å². The summed E-state index contributed by atoms with van der Waals surface area (Å²) in [4.78, 5) is 13.7. The summed E-state index contributed by atoms with van der Waals surface area (Å²) in [5.74, 6) is 0.276. The number of aliphatic hydroxyl groups excluding tert-OH is 1. The number of aliphatic hydroxyl groups is 1. The van der Waals surface area contributed by atoms with Crippen molar-refractivity contribution in [1.82, 2.24) is 4.90 Å². The van der Waals surface area contributed by atoms with E-state index in [1.165, 1.54) is 12.0 Å². The van der Waals surface area contributed by atoms with Crippen molar-refractivity contribution in [2.45, 2.75) is 25.1 Å². The highest BCUT2D eigenvalue weighted by Gasteiger charge is 2.35.